The molecule has 7 heteroatoms. The van der Waals surface area contributed by atoms with Crippen molar-refractivity contribution in [3.05, 3.63) is 53.8 Å². The number of para-hydroxylation sites is 1. The molecule has 0 saturated carbocycles. The Morgan fingerprint density at radius 2 is 2.10 bits per heavy atom. The molecule has 30 heavy (non-hydrogen) atoms. The van der Waals surface area contributed by atoms with Crippen molar-refractivity contribution in [3.63, 3.8) is 0 Å². The molecule has 1 fully saturated rings. The minimum atomic E-state index is -0.363. The second-order valence-corrected chi connectivity index (χ2v) is 10.4. The van der Waals surface area contributed by atoms with Crippen molar-refractivity contribution in [1.29, 1.82) is 0 Å². The average molecular weight is 445 g/mol. The Labute approximate surface area is 184 Å². The largest absolute Gasteiger partial charge is 0.376 e. The highest BCUT2D eigenvalue weighted by molar-refractivity contribution is 7.99. The summed E-state index contributed by atoms with van der Waals surface area (Å²) in [4.78, 5) is 20.6. The van der Waals surface area contributed by atoms with Gasteiger partial charge in [0.25, 0.3) is 0 Å². The highest BCUT2D eigenvalue weighted by atomic mass is 32.2. The topological polar surface area (TPSA) is 42.4 Å². The number of hydrogen-bond donors (Lipinski definition) is 0. The summed E-state index contributed by atoms with van der Waals surface area (Å²) < 4.78 is 20.7. The number of aromatic nitrogens is 1. The zero-order valence-corrected chi connectivity index (χ0v) is 18.8. The lowest BCUT2D eigenvalue weighted by atomic mass is 10.1. The molecule has 1 amide bonds. The third kappa shape index (κ3) is 5.02. The Morgan fingerprint density at radius 3 is 2.77 bits per heavy atom. The predicted molar refractivity (Wildman–Crippen MR) is 122 cm³/mol. The van der Waals surface area contributed by atoms with E-state index >= 15 is 0 Å². The second-order valence-electron chi connectivity index (χ2n) is 7.71. The van der Waals surface area contributed by atoms with Crippen molar-refractivity contribution in [3.8, 4) is 0 Å². The first-order chi connectivity index (χ1) is 14.5. The number of rotatable bonds is 7. The van der Waals surface area contributed by atoms with Crippen LogP contribution >= 0.6 is 23.1 Å². The third-order valence-corrected chi connectivity index (χ3v) is 7.01. The molecule has 2 aromatic carbocycles. The lowest BCUT2D eigenvalue weighted by Crippen LogP contribution is -2.38. The number of fused-ring (bicyclic) bond motifs is 1. The summed E-state index contributed by atoms with van der Waals surface area (Å²) in [5.41, 5.74) is 1.27. The fourth-order valence-electron chi connectivity index (χ4n) is 3.53. The molecular formula is C23H25FN2O2S2. The number of carbonyl (C=O) groups excluding carboxylic acids is 1. The number of carbonyl (C=O) groups is 1. The van der Waals surface area contributed by atoms with Crippen molar-refractivity contribution >= 4 is 44.4 Å². The Balaban J connectivity index is 1.56. The quantitative estimate of drug-likeness (QED) is 0.439. The minimum absolute atomic E-state index is 0.00405. The maximum absolute atomic E-state index is 14.2. The molecule has 1 aromatic heterocycles. The van der Waals surface area contributed by atoms with E-state index in [-0.39, 0.29) is 24.2 Å². The van der Waals surface area contributed by atoms with Crippen LogP contribution in [0.1, 0.15) is 32.3 Å². The van der Waals surface area contributed by atoms with E-state index in [9.17, 15) is 9.18 Å². The number of benzene rings is 2. The van der Waals surface area contributed by atoms with E-state index in [0.717, 1.165) is 29.7 Å². The zero-order chi connectivity index (χ0) is 21.1. The molecule has 1 atom stereocenters. The van der Waals surface area contributed by atoms with Gasteiger partial charge < -0.3 is 4.74 Å². The molecule has 1 aliphatic heterocycles. The van der Waals surface area contributed by atoms with Gasteiger partial charge in [0.2, 0.25) is 5.91 Å². The van der Waals surface area contributed by atoms with Gasteiger partial charge in [-0.3, -0.25) is 9.69 Å². The lowest BCUT2D eigenvalue weighted by molar-refractivity contribution is -0.118. The molecule has 158 valence electrons. The number of nitrogens with zero attached hydrogens (tertiary/aromatic N) is 2. The molecule has 4 rings (SSSR count). The summed E-state index contributed by atoms with van der Waals surface area (Å²) in [6, 6.07) is 13.0. The predicted octanol–water partition coefficient (Wildman–Crippen LogP) is 5.69. The van der Waals surface area contributed by atoms with Crippen LogP contribution in [0.3, 0.4) is 0 Å². The van der Waals surface area contributed by atoms with Crippen LogP contribution in [-0.4, -0.2) is 35.4 Å². The van der Waals surface area contributed by atoms with Crippen LogP contribution < -0.4 is 4.90 Å². The van der Waals surface area contributed by atoms with Gasteiger partial charge in [0.1, 0.15) is 11.3 Å². The standard InChI is InChI=1S/C23H25FN2O2S2/c1-15(2)29-18-10-8-16(9-11-18)13-21(27)26(14-17-5-4-12-28-17)23-25-22-19(24)6-3-7-20(22)30-23/h3,6-11,15,17H,4-5,12-14H2,1-2H3. The van der Waals surface area contributed by atoms with Gasteiger partial charge in [0.15, 0.2) is 5.13 Å². The van der Waals surface area contributed by atoms with Crippen LogP contribution in [0.2, 0.25) is 0 Å². The number of thiazole rings is 1. The van der Waals surface area contributed by atoms with E-state index in [1.807, 2.05) is 18.2 Å². The highest BCUT2D eigenvalue weighted by Gasteiger charge is 2.26. The van der Waals surface area contributed by atoms with Gasteiger partial charge >= 0.3 is 0 Å². The lowest BCUT2D eigenvalue weighted by Gasteiger charge is -2.23. The van der Waals surface area contributed by atoms with E-state index in [0.29, 0.717) is 22.4 Å². The summed E-state index contributed by atoms with van der Waals surface area (Å²) in [6.45, 7) is 5.48. The first-order valence-electron chi connectivity index (χ1n) is 10.2. The van der Waals surface area contributed by atoms with Crippen LogP contribution in [-0.2, 0) is 16.0 Å². The highest BCUT2D eigenvalue weighted by Crippen LogP contribution is 2.32. The summed E-state index contributed by atoms with van der Waals surface area (Å²) in [5.74, 6) is -0.410. The Hall–Kier alpha value is -1.96. The van der Waals surface area contributed by atoms with Gasteiger partial charge in [-0.1, -0.05) is 43.4 Å². The summed E-state index contributed by atoms with van der Waals surface area (Å²) in [6.07, 6.45) is 2.19. The zero-order valence-electron chi connectivity index (χ0n) is 17.1. The number of ether oxygens (including phenoxy) is 1. The van der Waals surface area contributed by atoms with Crippen molar-refractivity contribution in [2.24, 2.45) is 0 Å². The Morgan fingerprint density at radius 1 is 1.30 bits per heavy atom. The van der Waals surface area contributed by atoms with E-state index in [1.165, 1.54) is 22.3 Å². The van der Waals surface area contributed by atoms with Crippen LogP contribution in [0, 0.1) is 5.82 Å². The summed E-state index contributed by atoms with van der Waals surface area (Å²) in [5, 5.41) is 1.04. The van der Waals surface area contributed by atoms with Crippen molar-refractivity contribution in [2.45, 2.75) is 49.4 Å². The maximum Gasteiger partial charge on any atom is 0.233 e. The van der Waals surface area contributed by atoms with E-state index < -0.39 is 0 Å². The van der Waals surface area contributed by atoms with Crippen molar-refractivity contribution < 1.29 is 13.9 Å². The van der Waals surface area contributed by atoms with Gasteiger partial charge in [0.05, 0.1) is 23.8 Å². The Kier molecular flexibility index (Phi) is 6.71. The molecule has 3 aromatic rings. The van der Waals surface area contributed by atoms with Gasteiger partial charge in [0, 0.05) is 16.8 Å². The number of amides is 1. The number of thioether (sulfide) groups is 1. The molecule has 1 aliphatic rings. The van der Waals surface area contributed by atoms with Crippen molar-refractivity contribution in [2.75, 3.05) is 18.1 Å². The molecular weight excluding hydrogens is 419 g/mol. The number of anilines is 1. The molecule has 0 bridgehead atoms. The Bertz CT molecular complexity index is 1010. The van der Waals surface area contributed by atoms with Gasteiger partial charge in [-0.15, -0.1) is 11.8 Å². The average Bonchev–Trinajstić information content (AvgIpc) is 3.37. The molecule has 2 heterocycles. The van der Waals surface area contributed by atoms with Crippen LogP contribution in [0.15, 0.2) is 47.4 Å². The van der Waals surface area contributed by atoms with E-state index in [1.54, 1.807) is 22.7 Å². The minimum Gasteiger partial charge on any atom is -0.376 e. The third-order valence-electron chi connectivity index (χ3n) is 4.95. The summed E-state index contributed by atoms with van der Waals surface area (Å²) in [7, 11) is 0. The maximum atomic E-state index is 14.2. The fourth-order valence-corrected chi connectivity index (χ4v) is 5.37. The monoisotopic (exact) mass is 444 g/mol. The molecule has 4 nitrogen and oxygen atoms in total. The number of halogens is 1. The molecule has 1 saturated heterocycles. The molecule has 0 spiro atoms. The van der Waals surface area contributed by atoms with Crippen LogP contribution in [0.5, 0.6) is 0 Å². The van der Waals surface area contributed by atoms with Gasteiger partial charge in [-0.25, -0.2) is 9.37 Å². The normalized spacial score (nSPS) is 16.5. The summed E-state index contributed by atoms with van der Waals surface area (Å²) >= 11 is 3.14. The van der Waals surface area contributed by atoms with E-state index in [4.69, 9.17) is 4.74 Å². The van der Waals surface area contributed by atoms with Crippen LogP contribution in [0.4, 0.5) is 9.52 Å². The molecule has 0 aliphatic carbocycles. The first-order valence-corrected chi connectivity index (χ1v) is 11.9. The second kappa shape index (κ2) is 9.45. The number of hydrogen-bond acceptors (Lipinski definition) is 5. The molecule has 0 radical (unpaired) electrons. The SMILES string of the molecule is CC(C)Sc1ccc(CC(=O)N(CC2CCCO2)c2nc3c(F)cccc3s2)cc1. The van der Waals surface area contributed by atoms with Crippen molar-refractivity contribution in [1.82, 2.24) is 4.98 Å². The fraction of sp³-hybridized carbons (Fsp3) is 0.391. The first kappa shape index (κ1) is 21.3. The van der Waals surface area contributed by atoms with Gasteiger partial charge in [-0.05, 0) is 42.7 Å². The van der Waals surface area contributed by atoms with E-state index in [2.05, 4.69) is 31.0 Å². The molecule has 0 N–H and O–H groups in total. The van der Waals surface area contributed by atoms with Crippen LogP contribution in [0.25, 0.3) is 10.2 Å². The van der Waals surface area contributed by atoms with Gasteiger partial charge in [-0.2, -0.15) is 0 Å². The molecule has 1 unspecified atom stereocenters. The smallest absolute Gasteiger partial charge is 0.233 e.